The number of β-amino-alcohol motifs (C(OH)–C–C–N with tert-alkyl or cyclic N) is 1. The molecule has 1 aromatic carbocycles. The number of benzene rings is 1. The van der Waals surface area contributed by atoms with Crippen LogP contribution in [0, 0.1) is 6.92 Å². The highest BCUT2D eigenvalue weighted by Crippen LogP contribution is 2.39. The van der Waals surface area contributed by atoms with E-state index in [0.717, 1.165) is 12.1 Å². The largest absolute Gasteiger partial charge is 0.496 e. The Morgan fingerprint density at radius 1 is 1.21 bits per heavy atom. The Balaban J connectivity index is 1.81. The van der Waals surface area contributed by atoms with Crippen molar-refractivity contribution < 1.29 is 23.0 Å². The van der Waals surface area contributed by atoms with Crippen molar-refractivity contribution in [3.8, 4) is 17.1 Å². The molecule has 3 heterocycles. The Hall–Kier alpha value is -2.88. The predicted molar refractivity (Wildman–Crippen MR) is 101 cm³/mol. The first-order valence-corrected chi connectivity index (χ1v) is 8.93. The lowest BCUT2D eigenvalue weighted by atomic mass is 9.97. The van der Waals surface area contributed by atoms with Crippen molar-refractivity contribution in [1.29, 1.82) is 0 Å². The number of hydrogen-bond donors (Lipinski definition) is 1. The normalized spacial score (nSPS) is 16.2. The molecule has 1 saturated heterocycles. The maximum Gasteiger partial charge on any atom is 0.416 e. The lowest BCUT2D eigenvalue weighted by molar-refractivity contribution is -0.137. The number of halogens is 3. The Morgan fingerprint density at radius 3 is 2.48 bits per heavy atom. The van der Waals surface area contributed by atoms with Crippen LogP contribution in [0.15, 0.2) is 18.3 Å². The van der Waals surface area contributed by atoms with Gasteiger partial charge in [-0.05, 0) is 31.5 Å². The van der Waals surface area contributed by atoms with Crippen LogP contribution in [0.2, 0.25) is 0 Å². The molecule has 0 saturated carbocycles. The van der Waals surface area contributed by atoms with Crippen LogP contribution in [0.25, 0.3) is 22.7 Å². The van der Waals surface area contributed by atoms with Crippen LogP contribution < -0.4 is 9.64 Å². The number of imidazole rings is 1. The van der Waals surface area contributed by atoms with Crippen molar-refractivity contribution in [3.63, 3.8) is 0 Å². The summed E-state index contributed by atoms with van der Waals surface area (Å²) in [5.74, 6) is 1.08. The van der Waals surface area contributed by atoms with Crippen LogP contribution in [0.4, 0.5) is 19.0 Å². The molecule has 0 unspecified atom stereocenters. The molecule has 1 fully saturated rings. The molecular weight excluding hydrogens is 387 g/mol. The molecule has 0 bridgehead atoms. The van der Waals surface area contributed by atoms with Crippen LogP contribution in [0.3, 0.4) is 0 Å². The number of nitrogens with zero attached hydrogens (tertiary/aromatic N) is 5. The first-order chi connectivity index (χ1) is 13.5. The van der Waals surface area contributed by atoms with Gasteiger partial charge in [0.25, 0.3) is 0 Å². The summed E-state index contributed by atoms with van der Waals surface area (Å²) in [6.45, 7) is 4.21. The van der Waals surface area contributed by atoms with Crippen molar-refractivity contribution in [2.24, 2.45) is 7.05 Å². The standard InChI is InChI=1S/C19H20F3N5O2/c1-10-5-11(19(20,21)22)6-12(29-4)14(10)16-25-15-17(26(16)3)23-7-13(24-15)27-8-18(2,28)9-27/h5-7,28H,8-9H2,1-4H3. The summed E-state index contributed by atoms with van der Waals surface area (Å²) in [6.07, 6.45) is -2.88. The average Bonchev–Trinajstić information content (AvgIpc) is 2.93. The summed E-state index contributed by atoms with van der Waals surface area (Å²) in [6, 6.07) is 2.04. The fraction of sp³-hybridized carbons (Fsp3) is 0.421. The zero-order valence-electron chi connectivity index (χ0n) is 16.4. The van der Waals surface area contributed by atoms with E-state index in [-0.39, 0.29) is 5.75 Å². The van der Waals surface area contributed by atoms with Gasteiger partial charge in [0, 0.05) is 20.1 Å². The lowest BCUT2D eigenvalue weighted by Crippen LogP contribution is -2.60. The van der Waals surface area contributed by atoms with E-state index in [2.05, 4.69) is 15.0 Å². The van der Waals surface area contributed by atoms with Gasteiger partial charge in [-0.1, -0.05) is 0 Å². The van der Waals surface area contributed by atoms with Crippen LogP contribution in [-0.2, 0) is 13.2 Å². The quantitative estimate of drug-likeness (QED) is 0.720. The number of aryl methyl sites for hydroxylation is 2. The topological polar surface area (TPSA) is 76.3 Å². The number of aromatic nitrogens is 4. The van der Waals surface area contributed by atoms with Crippen molar-refractivity contribution in [2.45, 2.75) is 25.6 Å². The molecule has 154 valence electrons. The first kappa shape index (κ1) is 19.4. The molecule has 29 heavy (non-hydrogen) atoms. The molecule has 1 N–H and O–H groups in total. The second-order valence-electron chi connectivity index (χ2n) is 7.59. The lowest BCUT2D eigenvalue weighted by Gasteiger charge is -2.44. The summed E-state index contributed by atoms with van der Waals surface area (Å²) in [5, 5.41) is 9.92. The number of hydrogen-bond acceptors (Lipinski definition) is 6. The van der Waals surface area contributed by atoms with Gasteiger partial charge in [0.2, 0.25) is 0 Å². The predicted octanol–water partition coefficient (Wildman–Crippen LogP) is 2.94. The number of ether oxygens (including phenoxy) is 1. The minimum atomic E-state index is -4.47. The average molecular weight is 407 g/mol. The van der Waals surface area contributed by atoms with E-state index in [4.69, 9.17) is 4.74 Å². The van der Waals surface area contributed by atoms with Gasteiger partial charge < -0.3 is 19.3 Å². The van der Waals surface area contributed by atoms with E-state index in [1.54, 1.807) is 31.7 Å². The minimum absolute atomic E-state index is 0.0785. The van der Waals surface area contributed by atoms with Crippen molar-refractivity contribution in [3.05, 3.63) is 29.5 Å². The SMILES string of the molecule is COc1cc(C(F)(F)F)cc(C)c1-c1nc2nc(N3CC(C)(O)C3)cnc2n1C. The molecule has 0 amide bonds. The number of fused-ring (bicyclic) bond motifs is 1. The van der Waals surface area contributed by atoms with Crippen LogP contribution >= 0.6 is 0 Å². The summed E-state index contributed by atoms with van der Waals surface area (Å²) < 4.78 is 46.4. The van der Waals surface area contributed by atoms with Gasteiger partial charge in [0.1, 0.15) is 17.4 Å². The van der Waals surface area contributed by atoms with E-state index < -0.39 is 17.3 Å². The molecule has 0 atom stereocenters. The van der Waals surface area contributed by atoms with Crippen LogP contribution in [0.5, 0.6) is 5.75 Å². The molecular formula is C19H20F3N5O2. The maximum atomic E-state index is 13.2. The number of anilines is 1. The molecule has 7 nitrogen and oxygen atoms in total. The van der Waals surface area contributed by atoms with Gasteiger partial charge in [-0.3, -0.25) is 0 Å². The second kappa shape index (κ2) is 6.31. The fourth-order valence-electron chi connectivity index (χ4n) is 3.63. The third-order valence-corrected chi connectivity index (χ3v) is 5.03. The Labute approximate surface area is 164 Å². The van der Waals surface area contributed by atoms with Gasteiger partial charge >= 0.3 is 6.18 Å². The Kier molecular flexibility index (Phi) is 4.23. The van der Waals surface area contributed by atoms with Gasteiger partial charge in [0.05, 0.1) is 30.0 Å². The molecule has 1 aliphatic rings. The number of rotatable bonds is 3. The molecule has 1 aliphatic heterocycles. The Bertz CT molecular complexity index is 1100. The molecule has 0 aliphatic carbocycles. The van der Waals surface area contributed by atoms with E-state index >= 15 is 0 Å². The van der Waals surface area contributed by atoms with Crippen molar-refractivity contribution in [1.82, 2.24) is 19.5 Å². The zero-order valence-corrected chi connectivity index (χ0v) is 16.4. The van der Waals surface area contributed by atoms with Gasteiger partial charge in [0.15, 0.2) is 11.3 Å². The molecule has 0 spiro atoms. The fourth-order valence-corrected chi connectivity index (χ4v) is 3.63. The zero-order chi connectivity index (χ0) is 21.1. The minimum Gasteiger partial charge on any atom is -0.496 e. The van der Waals surface area contributed by atoms with E-state index in [1.165, 1.54) is 7.11 Å². The van der Waals surface area contributed by atoms with Crippen LogP contribution in [0.1, 0.15) is 18.1 Å². The molecule has 3 aromatic rings. The third kappa shape index (κ3) is 3.27. The molecule has 0 radical (unpaired) electrons. The number of alkyl halides is 3. The van der Waals surface area contributed by atoms with E-state index in [0.29, 0.717) is 47.2 Å². The summed E-state index contributed by atoms with van der Waals surface area (Å²) in [4.78, 5) is 15.3. The van der Waals surface area contributed by atoms with E-state index in [9.17, 15) is 18.3 Å². The number of aliphatic hydroxyl groups is 1. The summed E-state index contributed by atoms with van der Waals surface area (Å²) in [7, 11) is 3.05. The van der Waals surface area contributed by atoms with Gasteiger partial charge in [-0.15, -0.1) is 0 Å². The first-order valence-electron chi connectivity index (χ1n) is 8.93. The molecule has 4 rings (SSSR count). The van der Waals surface area contributed by atoms with Gasteiger partial charge in [-0.2, -0.15) is 13.2 Å². The third-order valence-electron chi connectivity index (χ3n) is 5.03. The highest BCUT2D eigenvalue weighted by atomic mass is 19.4. The Morgan fingerprint density at radius 2 is 1.90 bits per heavy atom. The number of methoxy groups -OCH3 is 1. The second-order valence-corrected chi connectivity index (χ2v) is 7.59. The van der Waals surface area contributed by atoms with Crippen molar-refractivity contribution in [2.75, 3.05) is 25.1 Å². The molecule has 10 heteroatoms. The van der Waals surface area contributed by atoms with Crippen LogP contribution in [-0.4, -0.2) is 50.4 Å². The van der Waals surface area contributed by atoms with E-state index in [1.807, 2.05) is 4.90 Å². The highest BCUT2D eigenvalue weighted by Gasteiger charge is 2.38. The summed E-state index contributed by atoms with van der Waals surface area (Å²) in [5.41, 5.74) is 0.171. The van der Waals surface area contributed by atoms with Gasteiger partial charge in [-0.25, -0.2) is 15.0 Å². The van der Waals surface area contributed by atoms with Crippen molar-refractivity contribution >= 4 is 17.1 Å². The summed E-state index contributed by atoms with van der Waals surface area (Å²) >= 11 is 0. The molecule has 2 aromatic heterocycles. The smallest absolute Gasteiger partial charge is 0.416 e. The highest BCUT2D eigenvalue weighted by molar-refractivity contribution is 5.79. The monoisotopic (exact) mass is 407 g/mol. The maximum absolute atomic E-state index is 13.2.